The van der Waals surface area contributed by atoms with Crippen molar-refractivity contribution in [3.63, 3.8) is 0 Å². The monoisotopic (exact) mass is 252 g/mol. The standard InChI is InChI=1S/C15H28N2O/c1-15(9-5-3-6-10-15)14(18)17-11-7-4-8-13(17)12-16-2/h13,16H,3-12H2,1-2H3. The van der Waals surface area contributed by atoms with Gasteiger partial charge in [0.25, 0.3) is 0 Å². The van der Waals surface area contributed by atoms with Gasteiger partial charge in [0.2, 0.25) is 5.91 Å². The lowest BCUT2D eigenvalue weighted by Crippen LogP contribution is -2.53. The third-order valence-corrected chi connectivity index (χ3v) is 4.80. The molecular weight excluding hydrogens is 224 g/mol. The van der Waals surface area contributed by atoms with E-state index in [-0.39, 0.29) is 5.41 Å². The number of likely N-dealkylation sites (tertiary alicyclic amines) is 1. The fraction of sp³-hybridized carbons (Fsp3) is 0.933. The zero-order valence-corrected chi connectivity index (χ0v) is 12.0. The van der Waals surface area contributed by atoms with Crippen LogP contribution in [0.2, 0.25) is 0 Å². The van der Waals surface area contributed by atoms with E-state index in [4.69, 9.17) is 0 Å². The molecule has 0 aromatic rings. The molecule has 0 bridgehead atoms. The number of carbonyl (C=O) groups is 1. The van der Waals surface area contributed by atoms with Crippen molar-refractivity contribution in [1.82, 2.24) is 10.2 Å². The first kappa shape index (κ1) is 13.9. The molecule has 1 saturated carbocycles. The fourth-order valence-corrected chi connectivity index (χ4v) is 3.61. The molecule has 1 aliphatic carbocycles. The Morgan fingerprint density at radius 2 is 1.94 bits per heavy atom. The highest BCUT2D eigenvalue weighted by Crippen LogP contribution is 2.38. The minimum Gasteiger partial charge on any atom is -0.338 e. The molecule has 104 valence electrons. The molecule has 1 aliphatic heterocycles. The Morgan fingerprint density at radius 3 is 2.61 bits per heavy atom. The molecule has 2 rings (SSSR count). The quantitative estimate of drug-likeness (QED) is 0.837. The molecule has 3 nitrogen and oxygen atoms in total. The molecule has 0 aromatic carbocycles. The van der Waals surface area contributed by atoms with Gasteiger partial charge in [0.05, 0.1) is 0 Å². The van der Waals surface area contributed by atoms with Crippen molar-refractivity contribution in [3.8, 4) is 0 Å². The minimum atomic E-state index is -0.0679. The van der Waals surface area contributed by atoms with Crippen molar-refractivity contribution in [3.05, 3.63) is 0 Å². The maximum Gasteiger partial charge on any atom is 0.228 e. The summed E-state index contributed by atoms with van der Waals surface area (Å²) >= 11 is 0. The SMILES string of the molecule is CNCC1CCCCN1C(=O)C1(C)CCCCC1. The Balaban J connectivity index is 2.05. The molecule has 1 heterocycles. The van der Waals surface area contributed by atoms with Crippen LogP contribution in [0.25, 0.3) is 0 Å². The van der Waals surface area contributed by atoms with Gasteiger partial charge in [0.15, 0.2) is 0 Å². The fourth-order valence-electron chi connectivity index (χ4n) is 3.61. The Bertz CT molecular complexity index is 282. The third-order valence-electron chi connectivity index (χ3n) is 4.80. The molecule has 1 amide bonds. The van der Waals surface area contributed by atoms with Crippen LogP contribution in [0, 0.1) is 5.41 Å². The Morgan fingerprint density at radius 1 is 1.22 bits per heavy atom. The van der Waals surface area contributed by atoms with Crippen LogP contribution >= 0.6 is 0 Å². The summed E-state index contributed by atoms with van der Waals surface area (Å²) in [7, 11) is 1.99. The highest BCUT2D eigenvalue weighted by molar-refractivity contribution is 5.82. The lowest BCUT2D eigenvalue weighted by molar-refractivity contribution is -0.146. The summed E-state index contributed by atoms with van der Waals surface area (Å²) in [5.41, 5.74) is -0.0679. The van der Waals surface area contributed by atoms with Gasteiger partial charge >= 0.3 is 0 Å². The molecule has 0 spiro atoms. The minimum absolute atomic E-state index is 0.0679. The summed E-state index contributed by atoms with van der Waals surface area (Å²) in [6.07, 6.45) is 9.57. The highest BCUT2D eigenvalue weighted by atomic mass is 16.2. The van der Waals surface area contributed by atoms with Crippen molar-refractivity contribution in [2.24, 2.45) is 5.41 Å². The number of amides is 1. The Kier molecular flexibility index (Phi) is 4.66. The van der Waals surface area contributed by atoms with Gasteiger partial charge in [0, 0.05) is 24.5 Å². The molecule has 2 fully saturated rings. The number of carbonyl (C=O) groups excluding carboxylic acids is 1. The summed E-state index contributed by atoms with van der Waals surface area (Å²) in [5.74, 6) is 0.433. The lowest BCUT2D eigenvalue weighted by atomic mass is 9.74. The van der Waals surface area contributed by atoms with Crippen LogP contribution in [0.15, 0.2) is 0 Å². The Hall–Kier alpha value is -0.570. The summed E-state index contributed by atoms with van der Waals surface area (Å²) in [5, 5.41) is 3.24. The number of nitrogens with one attached hydrogen (secondary N) is 1. The molecule has 0 radical (unpaired) electrons. The zero-order valence-electron chi connectivity index (χ0n) is 12.0. The number of rotatable bonds is 3. The van der Waals surface area contributed by atoms with Crippen LogP contribution in [0.5, 0.6) is 0 Å². The van der Waals surface area contributed by atoms with Gasteiger partial charge in [-0.3, -0.25) is 4.79 Å². The zero-order chi connectivity index (χ0) is 13.0. The molecule has 1 saturated heterocycles. The van der Waals surface area contributed by atoms with Crippen LogP contribution < -0.4 is 5.32 Å². The van der Waals surface area contributed by atoms with Gasteiger partial charge in [0.1, 0.15) is 0 Å². The van der Waals surface area contributed by atoms with Crippen LogP contribution in [-0.4, -0.2) is 37.0 Å². The first-order valence-electron chi connectivity index (χ1n) is 7.63. The maximum absolute atomic E-state index is 12.9. The van der Waals surface area contributed by atoms with E-state index in [2.05, 4.69) is 17.1 Å². The van der Waals surface area contributed by atoms with E-state index in [1.165, 1.54) is 38.5 Å². The summed E-state index contributed by atoms with van der Waals surface area (Å²) in [6.45, 7) is 4.11. The molecule has 1 N–H and O–H groups in total. The molecule has 1 unspecified atom stereocenters. The second kappa shape index (κ2) is 6.05. The number of hydrogen-bond acceptors (Lipinski definition) is 2. The van der Waals surface area contributed by atoms with Crippen molar-refractivity contribution in [2.45, 2.75) is 64.3 Å². The Labute approximate surface area is 111 Å². The number of piperidine rings is 1. The van der Waals surface area contributed by atoms with Crippen LogP contribution in [0.3, 0.4) is 0 Å². The normalized spacial score (nSPS) is 28.1. The molecule has 2 aliphatic rings. The van der Waals surface area contributed by atoms with Crippen molar-refractivity contribution in [1.29, 1.82) is 0 Å². The number of nitrogens with zero attached hydrogens (tertiary/aromatic N) is 1. The molecule has 0 aromatic heterocycles. The summed E-state index contributed by atoms with van der Waals surface area (Å²) < 4.78 is 0. The first-order valence-corrected chi connectivity index (χ1v) is 7.63. The van der Waals surface area contributed by atoms with E-state index in [9.17, 15) is 4.79 Å². The highest BCUT2D eigenvalue weighted by Gasteiger charge is 2.40. The van der Waals surface area contributed by atoms with E-state index in [0.717, 1.165) is 25.9 Å². The first-order chi connectivity index (χ1) is 8.67. The van der Waals surface area contributed by atoms with Crippen LogP contribution in [-0.2, 0) is 4.79 Å². The van der Waals surface area contributed by atoms with E-state index < -0.39 is 0 Å². The average molecular weight is 252 g/mol. The smallest absolute Gasteiger partial charge is 0.228 e. The van der Waals surface area contributed by atoms with Gasteiger partial charge in [-0.2, -0.15) is 0 Å². The third kappa shape index (κ3) is 2.87. The molecule has 18 heavy (non-hydrogen) atoms. The van der Waals surface area contributed by atoms with Gasteiger partial charge < -0.3 is 10.2 Å². The van der Waals surface area contributed by atoms with Crippen molar-refractivity contribution < 1.29 is 4.79 Å². The predicted molar refractivity (Wildman–Crippen MR) is 74.5 cm³/mol. The largest absolute Gasteiger partial charge is 0.338 e. The van der Waals surface area contributed by atoms with E-state index in [1.807, 2.05) is 7.05 Å². The number of likely N-dealkylation sites (N-methyl/N-ethyl adjacent to an activating group) is 1. The van der Waals surface area contributed by atoms with E-state index in [0.29, 0.717) is 11.9 Å². The van der Waals surface area contributed by atoms with Crippen LogP contribution in [0.1, 0.15) is 58.3 Å². The predicted octanol–water partition coefficient (Wildman–Crippen LogP) is 2.56. The summed E-state index contributed by atoms with van der Waals surface area (Å²) in [6, 6.07) is 0.426. The second-order valence-electron chi connectivity index (χ2n) is 6.33. The van der Waals surface area contributed by atoms with Gasteiger partial charge in [-0.25, -0.2) is 0 Å². The lowest BCUT2D eigenvalue weighted by Gasteiger charge is -2.43. The van der Waals surface area contributed by atoms with E-state index in [1.54, 1.807) is 0 Å². The molecule has 3 heteroatoms. The topological polar surface area (TPSA) is 32.3 Å². The molecular formula is C15H28N2O. The van der Waals surface area contributed by atoms with Crippen molar-refractivity contribution >= 4 is 5.91 Å². The maximum atomic E-state index is 12.9. The van der Waals surface area contributed by atoms with Gasteiger partial charge in [-0.05, 0) is 39.2 Å². The number of hydrogen-bond donors (Lipinski definition) is 1. The van der Waals surface area contributed by atoms with E-state index >= 15 is 0 Å². The molecule has 1 atom stereocenters. The summed E-state index contributed by atoms with van der Waals surface area (Å²) in [4.78, 5) is 15.0. The van der Waals surface area contributed by atoms with Gasteiger partial charge in [-0.1, -0.05) is 26.2 Å². The van der Waals surface area contributed by atoms with Crippen LogP contribution in [0.4, 0.5) is 0 Å². The van der Waals surface area contributed by atoms with Crippen molar-refractivity contribution in [2.75, 3.05) is 20.1 Å². The van der Waals surface area contributed by atoms with Gasteiger partial charge in [-0.15, -0.1) is 0 Å². The second-order valence-corrected chi connectivity index (χ2v) is 6.33. The average Bonchev–Trinajstić information content (AvgIpc) is 2.40.